The van der Waals surface area contributed by atoms with Crippen LogP contribution in [0.15, 0.2) is 266 Å². The van der Waals surface area contributed by atoms with Gasteiger partial charge in [-0.2, -0.15) is 0 Å². The van der Waals surface area contributed by atoms with Crippen molar-refractivity contribution < 1.29 is 0 Å². The van der Waals surface area contributed by atoms with Crippen LogP contribution in [-0.2, 0) is 0 Å². The van der Waals surface area contributed by atoms with Gasteiger partial charge >= 0.3 is 0 Å². The summed E-state index contributed by atoms with van der Waals surface area (Å²) in [6, 6.07) is 80.1. The minimum Gasteiger partial charge on any atom is -0.311 e. The van der Waals surface area contributed by atoms with E-state index in [0.29, 0.717) is 11.8 Å². The molecule has 0 bridgehead atoms. The second-order valence-electron chi connectivity index (χ2n) is 18.4. The molecule has 2 nitrogen and oxygen atoms in total. The Bertz CT molecular complexity index is 3860. The molecule has 0 spiro atoms. The van der Waals surface area contributed by atoms with Crippen molar-refractivity contribution in [2.75, 3.05) is 4.90 Å². The number of hydrogen-bond donors (Lipinski definition) is 0. The lowest BCUT2D eigenvalue weighted by molar-refractivity contribution is 0.745. The summed E-state index contributed by atoms with van der Waals surface area (Å²) in [5, 5.41) is 10.1. The van der Waals surface area contributed by atoms with Crippen molar-refractivity contribution in [3.05, 3.63) is 272 Å². The van der Waals surface area contributed by atoms with Gasteiger partial charge < -0.3 is 9.47 Å². The number of hydrogen-bond acceptors (Lipinski definition) is 1. The molecule has 2 aliphatic carbocycles. The number of anilines is 2. The van der Waals surface area contributed by atoms with Gasteiger partial charge in [-0.15, -0.1) is 0 Å². The third-order valence-corrected chi connectivity index (χ3v) is 14.4. The normalized spacial score (nSPS) is 15.9. The smallest absolute Gasteiger partial charge is 0.0625 e. The average Bonchev–Trinajstić information content (AvgIpc) is 3.77. The van der Waals surface area contributed by atoms with Gasteiger partial charge in [-0.3, -0.25) is 0 Å². The summed E-state index contributed by atoms with van der Waals surface area (Å²) in [7, 11) is 0. The molecule has 2 atom stereocenters. The number of nitrogens with zero attached hydrogens (tertiary/aromatic N) is 2. The Labute approximate surface area is 397 Å². The molecule has 322 valence electrons. The van der Waals surface area contributed by atoms with Crippen molar-refractivity contribution in [2.24, 2.45) is 5.92 Å². The van der Waals surface area contributed by atoms with Gasteiger partial charge in [-0.25, -0.2) is 0 Å². The number of para-hydroxylation sites is 2. The molecular formula is C66H48N2. The number of benzene rings is 10. The number of aromatic nitrogens is 1. The van der Waals surface area contributed by atoms with Gasteiger partial charge in [0.05, 0.1) is 11.0 Å². The predicted octanol–water partition coefficient (Wildman–Crippen LogP) is 17.8. The Balaban J connectivity index is 0.899. The van der Waals surface area contributed by atoms with Crippen LogP contribution in [0.25, 0.3) is 82.1 Å². The lowest BCUT2D eigenvalue weighted by Crippen LogP contribution is -2.18. The summed E-state index contributed by atoms with van der Waals surface area (Å²) in [6.45, 7) is 0. The Morgan fingerprint density at radius 2 is 1.09 bits per heavy atom. The molecule has 10 aromatic carbocycles. The van der Waals surface area contributed by atoms with Gasteiger partial charge in [-0.05, 0) is 134 Å². The molecular weight excluding hydrogens is 821 g/mol. The van der Waals surface area contributed by atoms with Gasteiger partial charge in [0.2, 0.25) is 0 Å². The fraction of sp³-hybridized carbons (Fsp3) is 0.0606. The molecule has 2 aliphatic rings. The highest BCUT2D eigenvalue weighted by atomic mass is 15.1. The van der Waals surface area contributed by atoms with Gasteiger partial charge in [0.1, 0.15) is 0 Å². The maximum atomic E-state index is 2.48. The third-order valence-electron chi connectivity index (χ3n) is 14.4. The number of allylic oxidation sites excluding steroid dienone is 7. The molecule has 1 aromatic heterocycles. The monoisotopic (exact) mass is 868 g/mol. The largest absolute Gasteiger partial charge is 0.311 e. The first kappa shape index (κ1) is 39.9. The lowest BCUT2D eigenvalue weighted by atomic mass is 9.82. The van der Waals surface area contributed by atoms with E-state index in [2.05, 4.69) is 264 Å². The van der Waals surface area contributed by atoms with E-state index in [0.717, 1.165) is 29.9 Å². The van der Waals surface area contributed by atoms with Gasteiger partial charge in [0, 0.05) is 50.8 Å². The zero-order valence-corrected chi connectivity index (χ0v) is 37.7. The molecule has 0 saturated heterocycles. The number of rotatable bonds is 8. The van der Waals surface area contributed by atoms with Crippen LogP contribution in [0.4, 0.5) is 11.4 Å². The standard InChI is InChI=1S/C66H48N2/c1-2-20-55(21-3-1)68-64-27-11-10-25-62(64)65-63(44-54-17-7-9-24-61(54)66(65)68)53-19-12-22-58(43-53)67(57-40-36-48(37-41-57)52-33-30-45-14-4-5-16-51(45)42-52)56-38-34-47(35-39-56)46-28-31-50(32-29-46)60-26-13-18-49-15-6-8-23-59(49)60/h1-31,33-34,36-44,47,50H,32,35H2. The molecule has 2 unspecified atom stereocenters. The summed E-state index contributed by atoms with van der Waals surface area (Å²) < 4.78 is 2.46. The van der Waals surface area contributed by atoms with Gasteiger partial charge in [-0.1, -0.05) is 194 Å². The van der Waals surface area contributed by atoms with Gasteiger partial charge in [0.15, 0.2) is 0 Å². The lowest BCUT2D eigenvalue weighted by Gasteiger charge is -2.30. The van der Waals surface area contributed by atoms with Crippen molar-refractivity contribution in [3.63, 3.8) is 0 Å². The van der Waals surface area contributed by atoms with Crippen LogP contribution in [0.3, 0.4) is 0 Å². The Kier molecular flexibility index (Phi) is 9.83. The summed E-state index contributed by atoms with van der Waals surface area (Å²) in [5.74, 6) is 0.697. The van der Waals surface area contributed by atoms with Crippen LogP contribution in [0.5, 0.6) is 0 Å². The van der Waals surface area contributed by atoms with E-state index in [-0.39, 0.29) is 0 Å². The maximum Gasteiger partial charge on any atom is 0.0625 e. The van der Waals surface area contributed by atoms with Crippen LogP contribution in [-0.4, -0.2) is 4.57 Å². The second-order valence-corrected chi connectivity index (χ2v) is 18.4. The minimum absolute atomic E-state index is 0.319. The average molecular weight is 869 g/mol. The Morgan fingerprint density at radius 3 is 1.90 bits per heavy atom. The van der Waals surface area contributed by atoms with Crippen molar-refractivity contribution >= 4 is 65.5 Å². The van der Waals surface area contributed by atoms with Gasteiger partial charge in [0.25, 0.3) is 0 Å². The highest BCUT2D eigenvalue weighted by molar-refractivity contribution is 6.24. The summed E-state index contributed by atoms with van der Waals surface area (Å²) in [4.78, 5) is 2.45. The molecule has 0 fully saturated rings. The first-order chi connectivity index (χ1) is 33.7. The van der Waals surface area contributed by atoms with E-state index in [4.69, 9.17) is 0 Å². The molecule has 0 amide bonds. The zero-order valence-electron chi connectivity index (χ0n) is 37.7. The maximum absolute atomic E-state index is 2.48. The third kappa shape index (κ3) is 6.96. The van der Waals surface area contributed by atoms with Crippen LogP contribution in [0.1, 0.15) is 24.3 Å². The predicted molar refractivity (Wildman–Crippen MR) is 289 cm³/mol. The van der Waals surface area contributed by atoms with Crippen molar-refractivity contribution in [3.8, 4) is 27.9 Å². The second kappa shape index (κ2) is 16.8. The fourth-order valence-electron chi connectivity index (χ4n) is 11.1. The van der Waals surface area contributed by atoms with Crippen LogP contribution in [0.2, 0.25) is 0 Å². The fourth-order valence-corrected chi connectivity index (χ4v) is 11.1. The SMILES string of the molecule is C1=CC(c2cccc3ccccc23)CC=C1C1C=CC(N(c2ccc(-c3ccc4ccccc4c3)cc2)c2cccc(-c3cc4ccccc4c4c3c3ccccc3n4-c3ccccc3)c2)=CC1. The number of fused-ring (bicyclic) bond motifs is 7. The molecule has 2 heteroatoms. The molecule has 13 rings (SSSR count). The molecule has 0 aliphatic heterocycles. The Hall–Kier alpha value is -8.46. The summed E-state index contributed by atoms with van der Waals surface area (Å²) in [5.41, 5.74) is 14.7. The highest BCUT2D eigenvalue weighted by Crippen LogP contribution is 2.45. The van der Waals surface area contributed by atoms with Crippen molar-refractivity contribution in [2.45, 2.75) is 18.8 Å². The van der Waals surface area contributed by atoms with Crippen LogP contribution >= 0.6 is 0 Å². The van der Waals surface area contributed by atoms with Crippen LogP contribution < -0.4 is 4.90 Å². The van der Waals surface area contributed by atoms with E-state index in [1.54, 1.807) is 0 Å². The van der Waals surface area contributed by atoms with Crippen LogP contribution in [0, 0.1) is 5.92 Å². The molecule has 68 heavy (non-hydrogen) atoms. The zero-order chi connectivity index (χ0) is 45.0. The topological polar surface area (TPSA) is 8.17 Å². The molecule has 0 N–H and O–H groups in total. The van der Waals surface area contributed by atoms with Crippen molar-refractivity contribution in [1.82, 2.24) is 4.57 Å². The molecule has 11 aromatic rings. The van der Waals surface area contributed by atoms with E-state index in [9.17, 15) is 0 Å². The van der Waals surface area contributed by atoms with E-state index >= 15 is 0 Å². The molecule has 0 radical (unpaired) electrons. The molecule has 0 saturated carbocycles. The minimum atomic E-state index is 0.319. The first-order valence-electron chi connectivity index (χ1n) is 24.0. The highest BCUT2D eigenvalue weighted by Gasteiger charge is 2.24. The van der Waals surface area contributed by atoms with Crippen molar-refractivity contribution in [1.29, 1.82) is 0 Å². The first-order valence-corrected chi connectivity index (χ1v) is 24.0. The van der Waals surface area contributed by atoms with E-state index in [1.807, 2.05) is 0 Å². The Morgan fingerprint density at radius 1 is 0.412 bits per heavy atom. The summed E-state index contributed by atoms with van der Waals surface area (Å²) >= 11 is 0. The molecule has 1 heterocycles. The quantitative estimate of drug-likeness (QED) is 0.148. The van der Waals surface area contributed by atoms with E-state index in [1.165, 1.54) is 93.2 Å². The summed E-state index contributed by atoms with van der Waals surface area (Å²) in [6.07, 6.45) is 16.5. The van der Waals surface area contributed by atoms with E-state index < -0.39 is 0 Å².